The van der Waals surface area contributed by atoms with Crippen LogP contribution in [0, 0.1) is 0 Å². The summed E-state index contributed by atoms with van der Waals surface area (Å²) in [5, 5.41) is 7.72. The van der Waals surface area contributed by atoms with Crippen molar-refractivity contribution < 1.29 is 0 Å². The SMILES string of the molecule is c1ccc(-n2c3ccccc3c3cc4c(cc32)c2ccccc2n4-c2ccc(-c3cccc4c3sc3ccccc34)cc2)cc1. The Morgan fingerprint density at radius 1 is 0.356 bits per heavy atom. The van der Waals surface area contributed by atoms with E-state index in [-0.39, 0.29) is 0 Å². The predicted octanol–water partition coefficient (Wildman–Crippen LogP) is 11.9. The van der Waals surface area contributed by atoms with Crippen LogP contribution >= 0.6 is 11.3 Å². The van der Waals surface area contributed by atoms with Crippen LogP contribution in [-0.2, 0) is 0 Å². The first-order chi connectivity index (χ1) is 22.3. The lowest BCUT2D eigenvalue weighted by molar-refractivity contribution is 1.17. The monoisotopic (exact) mass is 590 g/mol. The van der Waals surface area contributed by atoms with Gasteiger partial charge in [-0.05, 0) is 65.7 Å². The number of para-hydroxylation sites is 3. The van der Waals surface area contributed by atoms with Crippen molar-refractivity contribution in [3.63, 3.8) is 0 Å². The van der Waals surface area contributed by atoms with E-state index in [1.54, 1.807) is 0 Å². The van der Waals surface area contributed by atoms with Gasteiger partial charge >= 0.3 is 0 Å². The summed E-state index contributed by atoms with van der Waals surface area (Å²) in [4.78, 5) is 0. The molecule has 0 aliphatic carbocycles. The van der Waals surface area contributed by atoms with Gasteiger partial charge in [-0.15, -0.1) is 11.3 Å². The first kappa shape index (κ1) is 24.8. The van der Waals surface area contributed by atoms with E-state index >= 15 is 0 Å². The van der Waals surface area contributed by atoms with E-state index in [0.29, 0.717) is 0 Å². The van der Waals surface area contributed by atoms with Gasteiger partial charge in [0.1, 0.15) is 0 Å². The average molecular weight is 591 g/mol. The van der Waals surface area contributed by atoms with Crippen LogP contribution in [0.25, 0.3) is 86.3 Å². The molecule has 0 N–H and O–H groups in total. The number of hydrogen-bond acceptors (Lipinski definition) is 1. The van der Waals surface area contributed by atoms with Crippen molar-refractivity contribution in [2.24, 2.45) is 0 Å². The number of aromatic nitrogens is 2. The molecule has 0 aliphatic rings. The van der Waals surface area contributed by atoms with Gasteiger partial charge in [0.25, 0.3) is 0 Å². The van der Waals surface area contributed by atoms with Gasteiger partial charge in [-0.3, -0.25) is 0 Å². The fourth-order valence-corrected chi connectivity index (χ4v) is 8.57. The molecule has 7 aromatic carbocycles. The van der Waals surface area contributed by atoms with E-state index in [1.165, 1.54) is 86.3 Å². The second-order valence-corrected chi connectivity index (χ2v) is 12.8. The molecule has 0 bridgehead atoms. The number of rotatable bonds is 3. The summed E-state index contributed by atoms with van der Waals surface area (Å²) in [5.41, 5.74) is 9.76. The molecule has 0 unspecified atom stereocenters. The highest BCUT2D eigenvalue weighted by Crippen LogP contribution is 2.42. The molecule has 210 valence electrons. The van der Waals surface area contributed by atoms with Crippen LogP contribution in [0.3, 0.4) is 0 Å². The molecule has 10 aromatic rings. The molecule has 0 spiro atoms. The Kier molecular flexibility index (Phi) is 5.19. The smallest absolute Gasteiger partial charge is 0.0548 e. The first-order valence-corrected chi connectivity index (χ1v) is 16.2. The summed E-state index contributed by atoms with van der Waals surface area (Å²) < 4.78 is 7.52. The van der Waals surface area contributed by atoms with Gasteiger partial charge in [-0.2, -0.15) is 0 Å². The van der Waals surface area contributed by atoms with E-state index in [9.17, 15) is 0 Å². The maximum Gasteiger partial charge on any atom is 0.0548 e. The Balaban J connectivity index is 1.21. The summed E-state index contributed by atoms with van der Waals surface area (Å²) in [7, 11) is 0. The molecule has 3 heteroatoms. The van der Waals surface area contributed by atoms with Crippen LogP contribution < -0.4 is 0 Å². The van der Waals surface area contributed by atoms with Gasteiger partial charge < -0.3 is 9.13 Å². The molecule has 0 amide bonds. The molecule has 0 atom stereocenters. The maximum absolute atomic E-state index is 2.43. The minimum atomic E-state index is 1.17. The largest absolute Gasteiger partial charge is 0.309 e. The summed E-state index contributed by atoms with van der Waals surface area (Å²) >= 11 is 1.88. The molecular weight excluding hydrogens is 565 g/mol. The van der Waals surface area contributed by atoms with Crippen molar-refractivity contribution in [2.75, 3.05) is 0 Å². The molecule has 10 rings (SSSR count). The third-order valence-corrected chi connectivity index (χ3v) is 10.5. The Morgan fingerprint density at radius 3 is 1.56 bits per heavy atom. The number of nitrogens with zero attached hydrogens (tertiary/aromatic N) is 2. The fourth-order valence-electron chi connectivity index (χ4n) is 7.33. The number of fused-ring (bicyclic) bond motifs is 9. The van der Waals surface area contributed by atoms with Gasteiger partial charge in [0.2, 0.25) is 0 Å². The molecule has 0 saturated heterocycles. The molecule has 3 heterocycles. The lowest BCUT2D eigenvalue weighted by Crippen LogP contribution is -1.94. The fraction of sp³-hybridized carbons (Fsp3) is 0. The zero-order valence-electron chi connectivity index (χ0n) is 24.3. The number of benzene rings is 7. The summed E-state index contributed by atoms with van der Waals surface area (Å²) in [6.45, 7) is 0. The van der Waals surface area contributed by atoms with Crippen molar-refractivity contribution in [1.82, 2.24) is 9.13 Å². The molecule has 0 radical (unpaired) electrons. The van der Waals surface area contributed by atoms with Crippen LogP contribution in [0.2, 0.25) is 0 Å². The van der Waals surface area contributed by atoms with Gasteiger partial charge in [0.15, 0.2) is 0 Å². The van der Waals surface area contributed by atoms with Crippen LogP contribution in [0.1, 0.15) is 0 Å². The maximum atomic E-state index is 2.43. The minimum absolute atomic E-state index is 1.17. The van der Waals surface area contributed by atoms with Crippen molar-refractivity contribution in [2.45, 2.75) is 0 Å². The van der Waals surface area contributed by atoms with Gasteiger partial charge in [0, 0.05) is 53.1 Å². The minimum Gasteiger partial charge on any atom is -0.309 e. The van der Waals surface area contributed by atoms with Crippen LogP contribution in [0.4, 0.5) is 0 Å². The van der Waals surface area contributed by atoms with Gasteiger partial charge in [-0.1, -0.05) is 103 Å². The Bertz CT molecular complexity index is 2740. The highest BCUT2D eigenvalue weighted by molar-refractivity contribution is 7.26. The Hall–Kier alpha value is -5.64. The zero-order chi connectivity index (χ0) is 29.5. The molecule has 0 saturated carbocycles. The van der Waals surface area contributed by atoms with E-state index < -0.39 is 0 Å². The van der Waals surface area contributed by atoms with Gasteiger partial charge in [-0.25, -0.2) is 0 Å². The van der Waals surface area contributed by atoms with Crippen molar-refractivity contribution in [1.29, 1.82) is 0 Å². The topological polar surface area (TPSA) is 9.86 Å². The lowest BCUT2D eigenvalue weighted by atomic mass is 10.0. The van der Waals surface area contributed by atoms with E-state index in [2.05, 4.69) is 167 Å². The molecule has 3 aromatic heterocycles. The quantitative estimate of drug-likeness (QED) is 0.194. The third kappa shape index (κ3) is 3.56. The third-order valence-electron chi connectivity index (χ3n) is 9.32. The highest BCUT2D eigenvalue weighted by atomic mass is 32.1. The summed E-state index contributed by atoms with van der Waals surface area (Å²) in [6.07, 6.45) is 0. The molecule has 2 nitrogen and oxygen atoms in total. The van der Waals surface area contributed by atoms with Gasteiger partial charge in [0.05, 0.1) is 22.1 Å². The predicted molar refractivity (Wildman–Crippen MR) is 193 cm³/mol. The average Bonchev–Trinajstić information content (AvgIpc) is 3.75. The second-order valence-electron chi connectivity index (χ2n) is 11.8. The lowest BCUT2D eigenvalue weighted by Gasteiger charge is -2.10. The van der Waals surface area contributed by atoms with E-state index in [4.69, 9.17) is 0 Å². The Labute approximate surface area is 263 Å². The normalized spacial score (nSPS) is 12.0. The molecule has 0 fully saturated rings. The summed E-state index contributed by atoms with van der Waals surface area (Å²) in [5.74, 6) is 0. The standard InChI is InChI=1S/C42H26N2S/c1-2-11-28(12-3-1)43-37-18-7-4-13-31(37)35-26-40-36(25-39(35)43)32-14-5-8-19-38(32)44(40)29-23-21-27(22-24-29)30-16-10-17-34-33-15-6-9-20-41(33)45-42(30)34/h1-26H. The molecule has 45 heavy (non-hydrogen) atoms. The van der Waals surface area contributed by atoms with Crippen molar-refractivity contribution in [3.8, 4) is 22.5 Å². The number of thiophene rings is 1. The van der Waals surface area contributed by atoms with E-state index in [0.717, 1.165) is 0 Å². The zero-order valence-corrected chi connectivity index (χ0v) is 25.1. The summed E-state index contributed by atoms with van der Waals surface area (Å²) in [6, 6.07) is 57.6. The Morgan fingerprint density at radius 2 is 0.889 bits per heavy atom. The number of hydrogen-bond donors (Lipinski definition) is 0. The van der Waals surface area contributed by atoms with E-state index in [1.807, 2.05) is 11.3 Å². The van der Waals surface area contributed by atoms with Crippen molar-refractivity contribution >= 4 is 75.1 Å². The first-order valence-electron chi connectivity index (χ1n) is 15.4. The molecular formula is C42H26N2S. The van der Waals surface area contributed by atoms with Crippen LogP contribution in [0.15, 0.2) is 158 Å². The molecule has 0 aliphatic heterocycles. The van der Waals surface area contributed by atoms with Crippen LogP contribution in [-0.4, -0.2) is 9.13 Å². The highest BCUT2D eigenvalue weighted by Gasteiger charge is 2.18. The van der Waals surface area contributed by atoms with Crippen LogP contribution in [0.5, 0.6) is 0 Å². The second kappa shape index (κ2) is 9.43. The van der Waals surface area contributed by atoms with Crippen molar-refractivity contribution in [3.05, 3.63) is 158 Å².